The molecule has 0 bridgehead atoms. The van der Waals surface area contributed by atoms with Crippen molar-refractivity contribution in [1.29, 1.82) is 0 Å². The molecule has 6 heteroatoms. The van der Waals surface area contributed by atoms with Crippen LogP contribution in [0, 0.1) is 0 Å². The van der Waals surface area contributed by atoms with Crippen molar-refractivity contribution < 1.29 is 14.0 Å². The predicted octanol–water partition coefficient (Wildman–Crippen LogP) is 3.67. The zero-order valence-corrected chi connectivity index (χ0v) is 16.4. The number of furan rings is 1. The summed E-state index contributed by atoms with van der Waals surface area (Å²) in [4.78, 5) is 30.6. The topological polar surface area (TPSA) is 78.3 Å². The Balaban J connectivity index is 1.24. The van der Waals surface area contributed by atoms with Crippen LogP contribution in [0.4, 0.5) is 0 Å². The van der Waals surface area contributed by atoms with Crippen molar-refractivity contribution >= 4 is 22.7 Å². The van der Waals surface area contributed by atoms with Crippen LogP contribution >= 0.6 is 0 Å². The molecule has 0 atom stereocenters. The van der Waals surface area contributed by atoms with E-state index in [1.165, 1.54) is 42.0 Å². The number of nitrogens with one attached hydrogen (secondary N) is 2. The number of hydrogen-bond donors (Lipinski definition) is 2. The van der Waals surface area contributed by atoms with Crippen LogP contribution in [0.2, 0.25) is 0 Å². The maximum absolute atomic E-state index is 12.8. The van der Waals surface area contributed by atoms with Crippen molar-refractivity contribution in [3.05, 3.63) is 59.2 Å². The lowest BCUT2D eigenvalue weighted by molar-refractivity contribution is 0.0697. The van der Waals surface area contributed by atoms with Gasteiger partial charge in [0.05, 0.1) is 11.8 Å². The number of benzene rings is 1. The fourth-order valence-corrected chi connectivity index (χ4v) is 4.61. The summed E-state index contributed by atoms with van der Waals surface area (Å²) in [7, 11) is 0. The lowest BCUT2D eigenvalue weighted by atomic mass is 9.95. The van der Waals surface area contributed by atoms with Crippen LogP contribution in [-0.2, 0) is 12.8 Å². The molecule has 1 aromatic carbocycles. The molecule has 0 saturated carbocycles. The summed E-state index contributed by atoms with van der Waals surface area (Å²) in [5.41, 5.74) is 5.13. The third kappa shape index (κ3) is 3.43. The van der Waals surface area contributed by atoms with Gasteiger partial charge in [0.15, 0.2) is 0 Å². The number of hydrogen-bond acceptors (Lipinski definition) is 3. The van der Waals surface area contributed by atoms with Gasteiger partial charge in [-0.1, -0.05) is 0 Å². The van der Waals surface area contributed by atoms with E-state index in [2.05, 4.69) is 10.3 Å². The smallest absolute Gasteiger partial charge is 0.257 e. The largest absolute Gasteiger partial charge is 0.472 e. The van der Waals surface area contributed by atoms with E-state index < -0.39 is 0 Å². The van der Waals surface area contributed by atoms with Crippen molar-refractivity contribution in [2.75, 3.05) is 13.1 Å². The lowest BCUT2D eigenvalue weighted by Gasteiger charge is -2.32. The number of aromatic amines is 1. The van der Waals surface area contributed by atoms with Gasteiger partial charge in [-0.3, -0.25) is 9.59 Å². The van der Waals surface area contributed by atoms with E-state index in [0.29, 0.717) is 24.2 Å². The van der Waals surface area contributed by atoms with Gasteiger partial charge in [0.2, 0.25) is 0 Å². The molecular formula is C23H25N3O3. The second-order valence-corrected chi connectivity index (χ2v) is 8.10. The standard InChI is InChI=1S/C23H25N3O3/c27-22(15-5-6-21-19(13-15)18-3-1-2-4-20(18)25-21)24-17-7-10-26(11-8-17)23(28)16-9-12-29-14-16/h5-6,9,12-14,17,25H,1-4,7-8,10-11H2,(H,24,27). The molecule has 2 amide bonds. The number of likely N-dealkylation sites (tertiary alicyclic amines) is 1. The molecule has 5 rings (SSSR count). The third-order valence-electron chi connectivity index (χ3n) is 6.25. The van der Waals surface area contributed by atoms with Gasteiger partial charge in [-0.05, 0) is 68.4 Å². The summed E-state index contributed by atoms with van der Waals surface area (Å²) < 4.78 is 5.00. The second kappa shape index (κ2) is 7.43. The fraction of sp³-hybridized carbons (Fsp3) is 0.391. The maximum atomic E-state index is 12.8. The van der Waals surface area contributed by atoms with Crippen LogP contribution in [0.15, 0.2) is 41.2 Å². The van der Waals surface area contributed by atoms with Crippen LogP contribution in [0.3, 0.4) is 0 Å². The highest BCUT2D eigenvalue weighted by Crippen LogP contribution is 2.29. The Morgan fingerprint density at radius 2 is 1.90 bits per heavy atom. The number of nitrogens with zero attached hydrogens (tertiary/aromatic N) is 1. The van der Waals surface area contributed by atoms with Crippen molar-refractivity contribution in [2.24, 2.45) is 0 Å². The van der Waals surface area contributed by atoms with Gasteiger partial charge < -0.3 is 19.6 Å². The Hall–Kier alpha value is -3.02. The van der Waals surface area contributed by atoms with Gasteiger partial charge in [0, 0.05) is 41.3 Å². The summed E-state index contributed by atoms with van der Waals surface area (Å²) in [6.07, 6.45) is 9.14. The quantitative estimate of drug-likeness (QED) is 0.715. The van der Waals surface area contributed by atoms with E-state index >= 15 is 0 Å². The molecule has 1 aliphatic carbocycles. The third-order valence-corrected chi connectivity index (χ3v) is 6.25. The number of piperidine rings is 1. The number of carbonyl (C=O) groups excluding carboxylic acids is 2. The molecule has 29 heavy (non-hydrogen) atoms. The zero-order chi connectivity index (χ0) is 19.8. The molecule has 3 heterocycles. The number of carbonyl (C=O) groups is 2. The first-order valence-corrected chi connectivity index (χ1v) is 10.4. The molecule has 1 fully saturated rings. The predicted molar refractivity (Wildman–Crippen MR) is 110 cm³/mol. The SMILES string of the molecule is O=C(NC1CCN(C(=O)c2ccoc2)CC1)c1ccc2[nH]c3c(c2c1)CCCC3. The van der Waals surface area contributed by atoms with Gasteiger partial charge >= 0.3 is 0 Å². The monoisotopic (exact) mass is 391 g/mol. The Morgan fingerprint density at radius 1 is 1.07 bits per heavy atom. The Kier molecular flexibility index (Phi) is 4.62. The van der Waals surface area contributed by atoms with Crippen molar-refractivity contribution in [3.8, 4) is 0 Å². The van der Waals surface area contributed by atoms with Gasteiger partial charge in [-0.2, -0.15) is 0 Å². The van der Waals surface area contributed by atoms with Crippen molar-refractivity contribution in [1.82, 2.24) is 15.2 Å². The van der Waals surface area contributed by atoms with Crippen LogP contribution < -0.4 is 5.32 Å². The molecule has 2 aromatic heterocycles. The number of H-pyrrole nitrogens is 1. The Morgan fingerprint density at radius 3 is 2.69 bits per heavy atom. The number of amides is 2. The highest BCUT2D eigenvalue weighted by Gasteiger charge is 2.25. The van der Waals surface area contributed by atoms with Gasteiger partial charge in [-0.25, -0.2) is 0 Å². The molecular weight excluding hydrogens is 366 g/mol. The molecule has 3 aromatic rings. The normalized spacial score (nSPS) is 17.3. The molecule has 150 valence electrons. The summed E-state index contributed by atoms with van der Waals surface area (Å²) in [6.45, 7) is 1.28. The minimum absolute atomic E-state index is 0.00814. The molecule has 0 radical (unpaired) electrons. The molecule has 0 spiro atoms. The van der Waals surface area contributed by atoms with Gasteiger partial charge in [0.1, 0.15) is 6.26 Å². The molecule has 0 unspecified atom stereocenters. The van der Waals surface area contributed by atoms with E-state index in [-0.39, 0.29) is 17.9 Å². The molecule has 1 aliphatic heterocycles. The van der Waals surface area contributed by atoms with E-state index in [9.17, 15) is 9.59 Å². The van der Waals surface area contributed by atoms with E-state index in [0.717, 1.165) is 31.2 Å². The Labute approximate surface area is 169 Å². The Bertz CT molecular complexity index is 1040. The van der Waals surface area contributed by atoms with Gasteiger partial charge in [0.25, 0.3) is 11.8 Å². The van der Waals surface area contributed by atoms with Crippen LogP contribution in [0.5, 0.6) is 0 Å². The first-order valence-electron chi connectivity index (χ1n) is 10.4. The molecule has 6 nitrogen and oxygen atoms in total. The molecule has 2 N–H and O–H groups in total. The average molecular weight is 391 g/mol. The number of aromatic nitrogens is 1. The average Bonchev–Trinajstić information content (AvgIpc) is 3.41. The van der Waals surface area contributed by atoms with E-state index in [4.69, 9.17) is 4.42 Å². The zero-order valence-electron chi connectivity index (χ0n) is 16.4. The first-order chi connectivity index (χ1) is 14.2. The van der Waals surface area contributed by atoms with E-state index in [1.54, 1.807) is 6.07 Å². The molecule has 1 saturated heterocycles. The minimum atomic E-state index is -0.0303. The highest BCUT2D eigenvalue weighted by atomic mass is 16.3. The van der Waals surface area contributed by atoms with Crippen molar-refractivity contribution in [2.45, 2.75) is 44.6 Å². The van der Waals surface area contributed by atoms with Gasteiger partial charge in [-0.15, -0.1) is 0 Å². The summed E-state index contributed by atoms with van der Waals surface area (Å²) in [5.74, 6) is -0.0384. The molecule has 2 aliphatic rings. The minimum Gasteiger partial charge on any atom is -0.472 e. The summed E-state index contributed by atoms with van der Waals surface area (Å²) in [6, 6.07) is 7.73. The maximum Gasteiger partial charge on any atom is 0.257 e. The highest BCUT2D eigenvalue weighted by molar-refractivity contribution is 5.99. The lowest BCUT2D eigenvalue weighted by Crippen LogP contribution is -2.46. The van der Waals surface area contributed by atoms with Crippen molar-refractivity contribution in [3.63, 3.8) is 0 Å². The number of fused-ring (bicyclic) bond motifs is 3. The van der Waals surface area contributed by atoms with E-state index in [1.807, 2.05) is 23.1 Å². The number of aryl methyl sites for hydroxylation is 2. The summed E-state index contributed by atoms with van der Waals surface area (Å²) in [5, 5.41) is 4.35. The summed E-state index contributed by atoms with van der Waals surface area (Å²) >= 11 is 0. The number of rotatable bonds is 3. The van der Waals surface area contributed by atoms with Crippen LogP contribution in [0.1, 0.15) is 57.7 Å². The first kappa shape index (κ1) is 18.0. The fourth-order valence-electron chi connectivity index (χ4n) is 4.61. The van der Waals surface area contributed by atoms with Crippen LogP contribution in [-0.4, -0.2) is 40.8 Å². The second-order valence-electron chi connectivity index (χ2n) is 8.10. The van der Waals surface area contributed by atoms with Crippen LogP contribution in [0.25, 0.3) is 10.9 Å².